The highest BCUT2D eigenvalue weighted by Crippen LogP contribution is 1.92. The van der Waals surface area contributed by atoms with Crippen molar-refractivity contribution in [2.75, 3.05) is 6.61 Å². The Kier molecular flexibility index (Phi) is 3.88. The molecule has 0 spiro atoms. The molecule has 0 atom stereocenters. The molecule has 64 valence electrons. The van der Waals surface area contributed by atoms with Gasteiger partial charge in [-0.25, -0.2) is 0 Å². The van der Waals surface area contributed by atoms with Gasteiger partial charge >= 0.3 is 7.48 Å². The van der Waals surface area contributed by atoms with Crippen LogP contribution < -0.4 is 5.46 Å². The molecule has 0 aliphatic carbocycles. The maximum atomic E-state index is 5.41. The van der Waals surface area contributed by atoms with E-state index in [9.17, 15) is 0 Å². The monoisotopic (exact) mass is 162 g/mol. The summed E-state index contributed by atoms with van der Waals surface area (Å²) < 4.78 is 5.41. The van der Waals surface area contributed by atoms with Crippen LogP contribution in [0.4, 0.5) is 0 Å². The van der Waals surface area contributed by atoms with Gasteiger partial charge in [0.25, 0.3) is 0 Å². The Bertz CT molecular complexity index is 218. The molecule has 1 nitrogen and oxygen atoms in total. The lowest BCUT2D eigenvalue weighted by Gasteiger charge is -2.00. The lowest BCUT2D eigenvalue weighted by Crippen LogP contribution is -2.17. The van der Waals surface area contributed by atoms with Gasteiger partial charge in [0.05, 0.1) is 0 Å². The molecule has 0 aliphatic heterocycles. The van der Waals surface area contributed by atoms with Gasteiger partial charge in [-0.1, -0.05) is 42.2 Å². The van der Waals surface area contributed by atoms with E-state index >= 15 is 0 Å². The summed E-state index contributed by atoms with van der Waals surface area (Å²) in [5.41, 5.74) is 2.56. The minimum Gasteiger partial charge on any atom is -0.434 e. The van der Waals surface area contributed by atoms with E-state index in [1.165, 1.54) is 11.0 Å². The second kappa shape index (κ2) is 4.99. The zero-order valence-electron chi connectivity index (χ0n) is 7.84. The summed E-state index contributed by atoms with van der Waals surface area (Å²) in [4.78, 5) is 0. The molecular formula is C10H15BO. The molecule has 0 fully saturated rings. The van der Waals surface area contributed by atoms with Gasteiger partial charge in [-0.05, 0) is 13.3 Å². The number of aryl methyl sites for hydroxylation is 1. The molecule has 1 rings (SSSR count). The van der Waals surface area contributed by atoms with E-state index in [1.54, 1.807) is 0 Å². The zero-order chi connectivity index (χ0) is 8.81. The van der Waals surface area contributed by atoms with Gasteiger partial charge in [-0.3, -0.25) is 0 Å². The lowest BCUT2D eigenvalue weighted by atomic mass is 9.87. The van der Waals surface area contributed by atoms with Crippen molar-refractivity contribution in [1.29, 1.82) is 0 Å². The Balaban J connectivity index is 2.37. The van der Waals surface area contributed by atoms with Crippen LogP contribution >= 0.6 is 0 Å². The highest BCUT2D eigenvalue weighted by molar-refractivity contribution is 6.46. The lowest BCUT2D eigenvalue weighted by molar-refractivity contribution is 0.341. The van der Waals surface area contributed by atoms with E-state index in [4.69, 9.17) is 4.65 Å². The van der Waals surface area contributed by atoms with Gasteiger partial charge in [0.2, 0.25) is 0 Å². The first-order valence-electron chi connectivity index (χ1n) is 4.46. The molecule has 0 radical (unpaired) electrons. The number of benzene rings is 1. The average molecular weight is 162 g/mol. The minimum atomic E-state index is 0.744. The van der Waals surface area contributed by atoms with Crippen molar-refractivity contribution in [2.24, 2.45) is 0 Å². The number of hydrogen-bond donors (Lipinski definition) is 0. The molecule has 1 aromatic rings. The van der Waals surface area contributed by atoms with E-state index in [0.29, 0.717) is 0 Å². The Morgan fingerprint density at radius 1 is 1.25 bits per heavy atom. The van der Waals surface area contributed by atoms with Crippen LogP contribution in [0.2, 0.25) is 0 Å². The predicted molar refractivity (Wildman–Crippen MR) is 54.2 cm³/mol. The molecule has 2 heteroatoms. The quantitative estimate of drug-likeness (QED) is 0.480. The van der Waals surface area contributed by atoms with Crippen LogP contribution in [0.5, 0.6) is 0 Å². The molecule has 0 heterocycles. The molecular weight excluding hydrogens is 147 g/mol. The first kappa shape index (κ1) is 9.33. The molecule has 0 aromatic heterocycles. The molecule has 12 heavy (non-hydrogen) atoms. The smallest absolute Gasteiger partial charge is 0.308 e. The normalized spacial score (nSPS) is 9.83. The molecule has 0 amide bonds. The van der Waals surface area contributed by atoms with E-state index in [1.807, 2.05) is 0 Å². The van der Waals surface area contributed by atoms with Crippen molar-refractivity contribution < 1.29 is 4.65 Å². The molecule has 0 N–H and O–H groups in total. The van der Waals surface area contributed by atoms with Crippen molar-refractivity contribution in [3.63, 3.8) is 0 Å². The summed E-state index contributed by atoms with van der Waals surface area (Å²) in [5, 5.41) is 0. The Morgan fingerprint density at radius 3 is 2.50 bits per heavy atom. The van der Waals surface area contributed by atoms with Crippen LogP contribution in [0, 0.1) is 6.92 Å². The van der Waals surface area contributed by atoms with E-state index in [2.05, 4.69) is 38.1 Å². The molecule has 0 bridgehead atoms. The highest BCUT2D eigenvalue weighted by Gasteiger charge is 1.94. The van der Waals surface area contributed by atoms with Crippen LogP contribution in [0.3, 0.4) is 0 Å². The fourth-order valence-electron chi connectivity index (χ4n) is 1.02. The summed E-state index contributed by atoms with van der Waals surface area (Å²) in [5.74, 6) is 0. The van der Waals surface area contributed by atoms with Gasteiger partial charge in [0.15, 0.2) is 0 Å². The number of rotatable bonds is 4. The highest BCUT2D eigenvalue weighted by atomic mass is 16.4. The molecule has 1 aromatic carbocycles. The fraction of sp³-hybridized carbons (Fsp3) is 0.400. The van der Waals surface area contributed by atoms with Crippen LogP contribution in [0.1, 0.15) is 18.9 Å². The molecule has 0 unspecified atom stereocenters. The first-order valence-corrected chi connectivity index (χ1v) is 4.46. The Hall–Kier alpha value is -0.755. The summed E-state index contributed by atoms with van der Waals surface area (Å²) in [6.45, 7) is 5.07. The van der Waals surface area contributed by atoms with Gasteiger partial charge in [-0.2, -0.15) is 0 Å². The maximum Gasteiger partial charge on any atom is 0.308 e. The summed E-state index contributed by atoms with van der Waals surface area (Å²) >= 11 is 0. The minimum absolute atomic E-state index is 0.744. The third-order valence-electron chi connectivity index (χ3n) is 1.74. The van der Waals surface area contributed by atoms with Crippen molar-refractivity contribution in [3.8, 4) is 0 Å². The van der Waals surface area contributed by atoms with Crippen LogP contribution in [0.15, 0.2) is 24.3 Å². The molecule has 0 aliphatic rings. The summed E-state index contributed by atoms with van der Waals surface area (Å²) in [6, 6.07) is 8.46. The molecule has 0 saturated heterocycles. The predicted octanol–water partition coefficient (Wildman–Crippen LogP) is 1.40. The second-order valence-electron chi connectivity index (χ2n) is 3.04. The van der Waals surface area contributed by atoms with Gasteiger partial charge in [0, 0.05) is 6.61 Å². The van der Waals surface area contributed by atoms with Crippen molar-refractivity contribution in [1.82, 2.24) is 0 Å². The average Bonchev–Trinajstić information content (AvgIpc) is 2.09. The first-order chi connectivity index (χ1) is 5.83. The number of hydrogen-bond acceptors (Lipinski definition) is 1. The van der Waals surface area contributed by atoms with E-state index < -0.39 is 0 Å². The van der Waals surface area contributed by atoms with Crippen molar-refractivity contribution in [3.05, 3.63) is 29.8 Å². The fourth-order valence-corrected chi connectivity index (χ4v) is 1.02. The maximum absolute atomic E-state index is 5.41. The van der Waals surface area contributed by atoms with Gasteiger partial charge in [0.1, 0.15) is 0 Å². The Labute approximate surface area is 75.0 Å². The van der Waals surface area contributed by atoms with Crippen LogP contribution in [0.25, 0.3) is 0 Å². The third-order valence-corrected chi connectivity index (χ3v) is 1.74. The Morgan fingerprint density at radius 2 is 1.92 bits per heavy atom. The standard InChI is InChI=1S/C10H15BO/c1-3-8-12-11-10-6-4-9(2)5-7-10/h4-7,11H,3,8H2,1-2H3. The van der Waals surface area contributed by atoms with E-state index in [-0.39, 0.29) is 0 Å². The van der Waals surface area contributed by atoms with Gasteiger partial charge in [-0.15, -0.1) is 0 Å². The zero-order valence-corrected chi connectivity index (χ0v) is 7.84. The molecule has 0 saturated carbocycles. The third kappa shape index (κ3) is 3.10. The SMILES string of the molecule is CCCOBc1ccc(C)cc1. The van der Waals surface area contributed by atoms with Crippen molar-refractivity contribution >= 4 is 12.9 Å². The van der Waals surface area contributed by atoms with Crippen LogP contribution in [-0.2, 0) is 4.65 Å². The van der Waals surface area contributed by atoms with Crippen LogP contribution in [-0.4, -0.2) is 14.1 Å². The summed E-state index contributed by atoms with van der Waals surface area (Å²) in [7, 11) is 0.744. The van der Waals surface area contributed by atoms with Gasteiger partial charge < -0.3 is 4.65 Å². The second-order valence-corrected chi connectivity index (χ2v) is 3.04. The van der Waals surface area contributed by atoms with Crippen molar-refractivity contribution in [2.45, 2.75) is 20.3 Å². The largest absolute Gasteiger partial charge is 0.434 e. The topological polar surface area (TPSA) is 9.23 Å². The summed E-state index contributed by atoms with van der Waals surface area (Å²) in [6.07, 6.45) is 1.09. The van der Waals surface area contributed by atoms with E-state index in [0.717, 1.165) is 20.5 Å².